The number of carboxylic acids is 1. The van der Waals surface area contributed by atoms with Crippen LogP contribution in [0.25, 0.3) is 32.0 Å². The Bertz CT molecular complexity index is 2960. The molecule has 15 heteroatoms. The Kier molecular flexibility index (Phi) is 15.1. The highest BCUT2D eigenvalue weighted by Gasteiger charge is 2.50. The van der Waals surface area contributed by atoms with Crippen LogP contribution in [0.2, 0.25) is 5.04 Å². The van der Waals surface area contributed by atoms with Gasteiger partial charge in [0.2, 0.25) is 12.0 Å². The number of thiophene rings is 1. The Labute approximate surface area is 407 Å². The second-order valence-corrected chi connectivity index (χ2v) is 23.3. The van der Waals surface area contributed by atoms with Crippen molar-refractivity contribution in [1.82, 2.24) is 19.9 Å². The Balaban J connectivity index is 1.06. The van der Waals surface area contributed by atoms with Crippen LogP contribution in [0.3, 0.4) is 0 Å². The smallest absolute Gasteiger partial charge is 0.345 e. The number of carbonyl (C=O) groups is 1. The molecule has 1 unspecified atom stereocenters. The van der Waals surface area contributed by atoms with E-state index in [0.29, 0.717) is 56.1 Å². The summed E-state index contributed by atoms with van der Waals surface area (Å²) in [4.78, 5) is 32.5. The molecule has 5 aromatic carbocycles. The van der Waals surface area contributed by atoms with Gasteiger partial charge in [0.05, 0.1) is 45.8 Å². The Morgan fingerprint density at radius 2 is 1.54 bits per heavy atom. The van der Waals surface area contributed by atoms with E-state index in [1.807, 2.05) is 78.9 Å². The third-order valence-corrected chi connectivity index (χ3v) is 18.9. The van der Waals surface area contributed by atoms with Gasteiger partial charge in [0.15, 0.2) is 5.82 Å². The lowest BCUT2D eigenvalue weighted by Gasteiger charge is -2.43. The van der Waals surface area contributed by atoms with Crippen LogP contribution in [-0.2, 0) is 28.7 Å². The second-order valence-electron chi connectivity index (χ2n) is 17.2. The number of ether oxygens (including phenoxy) is 3. The molecule has 11 nitrogen and oxygen atoms in total. The number of nitrogens with zero attached hydrogens (tertiary/aromatic N) is 4. The zero-order valence-corrected chi connectivity index (χ0v) is 41.3. The molecule has 0 spiro atoms. The molecule has 0 aliphatic rings. The number of aryl methyl sites for hydroxylation is 1. The molecule has 0 bridgehead atoms. The van der Waals surface area contributed by atoms with Gasteiger partial charge in [-0.05, 0) is 97.3 Å². The first-order chi connectivity index (χ1) is 32.8. The number of para-hydroxylation sites is 1. The highest BCUT2D eigenvalue weighted by molar-refractivity contribution is 9.10. The van der Waals surface area contributed by atoms with E-state index in [1.165, 1.54) is 29.8 Å². The number of aromatic nitrogens is 4. The van der Waals surface area contributed by atoms with Gasteiger partial charge in [-0.1, -0.05) is 118 Å². The third-order valence-electron chi connectivity index (χ3n) is 11.7. The lowest BCUT2D eigenvalue weighted by atomic mass is 10.00. The molecule has 3 aromatic heterocycles. The number of halogens is 2. The normalized spacial score (nSPS) is 12.7. The van der Waals surface area contributed by atoms with Crippen LogP contribution in [0, 0.1) is 5.82 Å². The van der Waals surface area contributed by atoms with Gasteiger partial charge in [0.25, 0.3) is 8.32 Å². The van der Waals surface area contributed by atoms with Crippen LogP contribution in [0.5, 0.6) is 17.4 Å². The lowest BCUT2D eigenvalue weighted by Crippen LogP contribution is -2.67. The van der Waals surface area contributed by atoms with E-state index in [2.05, 4.69) is 75.9 Å². The van der Waals surface area contributed by atoms with Crippen molar-refractivity contribution in [2.24, 2.45) is 0 Å². The van der Waals surface area contributed by atoms with Gasteiger partial charge in [-0.2, -0.15) is 0 Å². The van der Waals surface area contributed by atoms with Crippen molar-refractivity contribution >= 4 is 62.1 Å². The minimum atomic E-state index is -2.89. The van der Waals surface area contributed by atoms with E-state index in [1.54, 1.807) is 31.5 Å². The van der Waals surface area contributed by atoms with E-state index in [0.717, 1.165) is 31.9 Å². The molecule has 0 radical (unpaired) electrons. The van der Waals surface area contributed by atoms with Crippen molar-refractivity contribution in [3.63, 3.8) is 0 Å². The molecule has 348 valence electrons. The predicted octanol–water partition coefficient (Wildman–Crippen LogP) is 10.2. The van der Waals surface area contributed by atoms with Crippen LogP contribution < -0.4 is 24.6 Å². The van der Waals surface area contributed by atoms with Gasteiger partial charge < -0.3 is 28.8 Å². The predicted molar refractivity (Wildman–Crippen MR) is 269 cm³/mol. The molecule has 0 aliphatic carbocycles. The van der Waals surface area contributed by atoms with Gasteiger partial charge in [-0.25, -0.2) is 29.1 Å². The zero-order chi connectivity index (χ0) is 47.8. The summed E-state index contributed by atoms with van der Waals surface area (Å²) < 4.78 is 39.7. The number of methoxy groups -OCH3 is 1. The average Bonchev–Trinajstić information content (AvgIpc) is 3.69. The maximum Gasteiger partial charge on any atom is 0.345 e. The number of hydrogen-bond acceptors (Lipinski definition) is 11. The number of fused-ring (bicyclic) bond motifs is 1. The highest BCUT2D eigenvalue weighted by Crippen LogP contribution is 2.45. The summed E-state index contributed by atoms with van der Waals surface area (Å²) >= 11 is 5.02. The summed E-state index contributed by atoms with van der Waals surface area (Å²) in [7, 11) is -1.30. The standard InChI is InChI=1S/C53H50BrFN4O7SSi/c1-53(2,3)68(40-13-7-5-8-14-40,41-15-9-6-10-16-41)65-32-39(60)25-19-34-20-26-43(64-31-38-27-28-56-49(59-38)42-17-11-12-18-44(42)63-4)36(29-34)30-45(52(61)62)66-50-46-47(54)48(67-51(46)58-33-57-50)35-21-23-37(55)24-22-35/h5-18,20-24,26-29,33,39,45,60H,19,25,30-32H2,1-4H3,(H,61,62)/t39-,45?/m0/s1. The van der Waals surface area contributed by atoms with Crippen molar-refractivity contribution in [2.75, 3.05) is 13.7 Å². The van der Waals surface area contributed by atoms with Crippen molar-refractivity contribution in [1.29, 1.82) is 0 Å². The van der Waals surface area contributed by atoms with E-state index >= 15 is 0 Å². The minimum absolute atomic E-state index is 0.0501. The number of rotatable bonds is 19. The van der Waals surface area contributed by atoms with Crippen molar-refractivity contribution in [2.45, 2.75) is 63.9 Å². The topological polar surface area (TPSA) is 146 Å². The quantitative estimate of drug-likeness (QED) is 0.0747. The molecule has 68 heavy (non-hydrogen) atoms. The SMILES string of the molecule is COc1ccccc1-c1nccc(COc2ccc(CC[C@H](O)CO[Si](c3ccccc3)(c3ccccc3)C(C)(C)C)cc2CC(Oc2ncnc3sc(-c4ccc(F)cc4)c(Br)c23)C(=O)O)n1. The third kappa shape index (κ3) is 10.7. The first-order valence-electron chi connectivity index (χ1n) is 22.1. The first kappa shape index (κ1) is 48.1. The van der Waals surface area contributed by atoms with Crippen LogP contribution in [0.15, 0.2) is 150 Å². The van der Waals surface area contributed by atoms with Gasteiger partial charge in [-0.3, -0.25) is 0 Å². The van der Waals surface area contributed by atoms with E-state index < -0.39 is 26.5 Å². The number of benzene rings is 5. The largest absolute Gasteiger partial charge is 0.496 e. The Morgan fingerprint density at radius 3 is 2.22 bits per heavy atom. The molecule has 0 saturated heterocycles. The van der Waals surface area contributed by atoms with Crippen LogP contribution in [-0.4, -0.2) is 70.4 Å². The highest BCUT2D eigenvalue weighted by atomic mass is 79.9. The van der Waals surface area contributed by atoms with E-state index in [4.69, 9.17) is 23.6 Å². The molecule has 8 aromatic rings. The summed E-state index contributed by atoms with van der Waals surface area (Å²) in [5.41, 5.74) is 3.49. The van der Waals surface area contributed by atoms with Crippen LogP contribution in [0.1, 0.15) is 44.0 Å². The summed E-state index contributed by atoms with van der Waals surface area (Å²) in [5, 5.41) is 24.8. The fourth-order valence-electron chi connectivity index (χ4n) is 8.34. The van der Waals surface area contributed by atoms with Gasteiger partial charge in [0.1, 0.15) is 35.1 Å². The number of carboxylic acid groups (broad SMARTS) is 1. The van der Waals surface area contributed by atoms with E-state index in [-0.39, 0.29) is 36.4 Å². The van der Waals surface area contributed by atoms with Crippen molar-refractivity contribution in [3.05, 3.63) is 173 Å². The van der Waals surface area contributed by atoms with Crippen LogP contribution in [0.4, 0.5) is 4.39 Å². The molecule has 0 fully saturated rings. The van der Waals surface area contributed by atoms with Gasteiger partial charge in [-0.15, -0.1) is 11.3 Å². The molecular formula is C53H50BrFN4O7SSi. The zero-order valence-electron chi connectivity index (χ0n) is 37.9. The Morgan fingerprint density at radius 1 is 0.853 bits per heavy atom. The summed E-state index contributed by atoms with van der Waals surface area (Å²) in [6.45, 7) is 6.78. The summed E-state index contributed by atoms with van der Waals surface area (Å²) in [6.07, 6.45) is 1.51. The molecule has 8 rings (SSSR count). The minimum Gasteiger partial charge on any atom is -0.496 e. The van der Waals surface area contributed by atoms with Crippen LogP contribution >= 0.6 is 27.3 Å². The fraction of sp³-hybridized carbons (Fsp3) is 0.226. The Hall–Kier alpha value is -6.36. The van der Waals surface area contributed by atoms with Gasteiger partial charge >= 0.3 is 5.97 Å². The fourth-order valence-corrected chi connectivity index (χ4v) is 14.9. The van der Waals surface area contributed by atoms with Crippen molar-refractivity contribution < 1.29 is 38.0 Å². The molecule has 0 saturated carbocycles. The second kappa shape index (κ2) is 21.3. The maximum absolute atomic E-state index is 13.8. The monoisotopic (exact) mass is 1010 g/mol. The number of aliphatic hydroxyl groups is 1. The lowest BCUT2D eigenvalue weighted by molar-refractivity contribution is -0.145. The van der Waals surface area contributed by atoms with Crippen molar-refractivity contribution in [3.8, 4) is 39.2 Å². The first-order valence-corrected chi connectivity index (χ1v) is 25.6. The average molecular weight is 1010 g/mol. The summed E-state index contributed by atoms with van der Waals surface area (Å²) in [5.74, 6) is 0.0226. The van der Waals surface area contributed by atoms with Gasteiger partial charge in [0, 0.05) is 12.6 Å². The molecule has 2 N–H and O–H groups in total. The molecular weight excluding hydrogens is 964 g/mol. The molecule has 0 aliphatic heterocycles. The number of hydrogen-bond donors (Lipinski definition) is 2. The van der Waals surface area contributed by atoms with E-state index in [9.17, 15) is 19.4 Å². The number of aliphatic hydroxyl groups excluding tert-OH is 1. The molecule has 3 heterocycles. The molecule has 2 atom stereocenters. The number of aliphatic carboxylic acids is 1. The maximum atomic E-state index is 13.8. The summed E-state index contributed by atoms with van der Waals surface area (Å²) in [6, 6.07) is 41.5. The molecule has 0 amide bonds.